The molecule has 0 N–H and O–H groups in total. The topological polar surface area (TPSA) is 70.5 Å². The van der Waals surface area contributed by atoms with Crippen molar-refractivity contribution in [3.8, 4) is 0 Å². The molecule has 0 aromatic rings. The minimum atomic E-state index is -0.502. The van der Waals surface area contributed by atoms with Crippen molar-refractivity contribution in [3.05, 3.63) is 5.53 Å². The fourth-order valence-corrected chi connectivity index (χ4v) is 1.06. The maximum Gasteiger partial charge on any atom is 0.399 e. The van der Waals surface area contributed by atoms with Gasteiger partial charge in [-0.1, -0.05) is 0 Å². The van der Waals surface area contributed by atoms with Crippen LogP contribution in [-0.4, -0.2) is 27.8 Å². The molecule has 0 atom stereocenters. The van der Waals surface area contributed by atoms with Gasteiger partial charge < -0.3 is 5.53 Å². The van der Waals surface area contributed by atoms with Gasteiger partial charge in [0.15, 0.2) is 0 Å². The third-order valence-corrected chi connectivity index (χ3v) is 1.83. The molecule has 0 saturated heterocycles. The normalized spacial score (nSPS) is 9.08. The molecule has 5 heteroatoms. The number of rotatable bonds is 6. The fraction of sp³-hybridized carbons (Fsp3) is 0.625. The molecule has 0 bridgehead atoms. The number of thiol groups is 1. The second kappa shape index (κ2) is 6.57. The number of hydrogen-bond acceptors (Lipinski definition) is 3. The highest BCUT2D eigenvalue weighted by atomic mass is 32.1. The molecule has 0 aliphatic heterocycles. The van der Waals surface area contributed by atoms with Crippen molar-refractivity contribution in [2.75, 3.05) is 5.75 Å². The fourth-order valence-electron chi connectivity index (χ4n) is 0.838. The smallest absolute Gasteiger partial charge is 0.360 e. The zero-order valence-corrected chi connectivity index (χ0v) is 8.38. The summed E-state index contributed by atoms with van der Waals surface area (Å²) in [4.78, 5) is 24.5. The molecule has 4 nitrogen and oxygen atoms in total. The first-order valence-electron chi connectivity index (χ1n) is 4.00. The van der Waals surface area contributed by atoms with E-state index in [-0.39, 0.29) is 12.1 Å². The first-order valence-corrected chi connectivity index (χ1v) is 4.63. The minimum absolute atomic E-state index is 0.236. The Bertz CT molecular complexity index is 257. The van der Waals surface area contributed by atoms with Gasteiger partial charge in [0.05, 0.1) is 0 Å². The highest BCUT2D eigenvalue weighted by Gasteiger charge is 2.24. The molecular formula is C8H12N2O2S. The summed E-state index contributed by atoms with van der Waals surface area (Å²) in [5.41, 5.74) is 7.99. The second-order valence-corrected chi connectivity index (χ2v) is 3.06. The molecule has 72 valence electrons. The van der Waals surface area contributed by atoms with Gasteiger partial charge in [0, 0.05) is 13.3 Å². The maximum atomic E-state index is 11.2. The van der Waals surface area contributed by atoms with Gasteiger partial charge in [-0.3, -0.25) is 9.59 Å². The zero-order chi connectivity index (χ0) is 10.3. The number of unbranched alkanes of at least 4 members (excludes halogenated alkanes) is 1. The first kappa shape index (κ1) is 12.1. The van der Waals surface area contributed by atoms with Crippen LogP contribution in [0.1, 0.15) is 26.2 Å². The predicted molar refractivity (Wildman–Crippen MR) is 52.0 cm³/mol. The molecule has 0 aromatic heterocycles. The van der Waals surface area contributed by atoms with Crippen LogP contribution in [0.4, 0.5) is 0 Å². The average molecular weight is 200 g/mol. The Kier molecular flexibility index (Phi) is 6.10. The van der Waals surface area contributed by atoms with Gasteiger partial charge in [-0.15, -0.1) is 0 Å². The Morgan fingerprint density at radius 3 is 2.38 bits per heavy atom. The lowest BCUT2D eigenvalue weighted by molar-refractivity contribution is -0.123. The van der Waals surface area contributed by atoms with E-state index in [1.165, 1.54) is 6.92 Å². The maximum absolute atomic E-state index is 11.2. The van der Waals surface area contributed by atoms with Crippen molar-refractivity contribution in [2.24, 2.45) is 0 Å². The molecule has 0 rings (SSSR count). The summed E-state index contributed by atoms with van der Waals surface area (Å²) in [5.74, 6) is -0.200. The second-order valence-electron chi connectivity index (χ2n) is 2.61. The van der Waals surface area contributed by atoms with Crippen LogP contribution >= 0.6 is 12.6 Å². The molecule has 0 fully saturated rings. The van der Waals surface area contributed by atoms with Crippen LogP contribution in [0.5, 0.6) is 0 Å². The average Bonchev–Trinajstić information content (AvgIpc) is 2.05. The monoisotopic (exact) mass is 200 g/mol. The van der Waals surface area contributed by atoms with Crippen molar-refractivity contribution in [1.29, 1.82) is 0 Å². The lowest BCUT2D eigenvalue weighted by Gasteiger charge is -1.92. The minimum Gasteiger partial charge on any atom is -0.360 e. The Morgan fingerprint density at radius 1 is 1.38 bits per heavy atom. The van der Waals surface area contributed by atoms with Crippen molar-refractivity contribution in [3.63, 3.8) is 0 Å². The van der Waals surface area contributed by atoms with Crippen LogP contribution < -0.4 is 0 Å². The molecule has 0 aromatic carbocycles. The van der Waals surface area contributed by atoms with Gasteiger partial charge in [0.1, 0.15) is 0 Å². The van der Waals surface area contributed by atoms with Crippen molar-refractivity contribution >= 4 is 29.9 Å². The Hall–Kier alpha value is -0.930. The summed E-state index contributed by atoms with van der Waals surface area (Å²) < 4.78 is 0. The first-order chi connectivity index (χ1) is 6.13. The zero-order valence-electron chi connectivity index (χ0n) is 7.49. The van der Waals surface area contributed by atoms with Crippen molar-refractivity contribution in [2.45, 2.75) is 26.2 Å². The quantitative estimate of drug-likeness (QED) is 0.173. The van der Waals surface area contributed by atoms with Gasteiger partial charge in [0.25, 0.3) is 0 Å². The number of ketones is 2. The van der Waals surface area contributed by atoms with Gasteiger partial charge >= 0.3 is 5.71 Å². The molecule has 0 unspecified atom stereocenters. The van der Waals surface area contributed by atoms with Gasteiger partial charge in [-0.05, 0) is 18.6 Å². The summed E-state index contributed by atoms with van der Waals surface area (Å²) in [6, 6.07) is 0. The largest absolute Gasteiger partial charge is 0.399 e. The molecule has 0 aliphatic carbocycles. The van der Waals surface area contributed by atoms with Gasteiger partial charge in [0.2, 0.25) is 11.6 Å². The number of hydrogen-bond donors (Lipinski definition) is 1. The number of carbonyl (C=O) groups excluding carboxylic acids is 2. The van der Waals surface area contributed by atoms with Crippen LogP contribution in [-0.2, 0) is 9.59 Å². The summed E-state index contributed by atoms with van der Waals surface area (Å²) >= 11 is 3.98. The molecule has 0 amide bonds. The molecule has 13 heavy (non-hydrogen) atoms. The Morgan fingerprint density at radius 2 is 2.00 bits per heavy atom. The third kappa shape index (κ3) is 4.60. The molecule has 0 spiro atoms. The lowest BCUT2D eigenvalue weighted by Crippen LogP contribution is -2.22. The number of nitrogens with zero attached hydrogens (tertiary/aromatic N) is 2. The lowest BCUT2D eigenvalue weighted by atomic mass is 10.1. The number of Topliss-reactive ketones (excluding diaryl/α,β-unsaturated/α-hetero) is 2. The van der Waals surface area contributed by atoms with E-state index in [0.29, 0.717) is 12.2 Å². The van der Waals surface area contributed by atoms with Gasteiger partial charge in [-0.2, -0.15) is 17.4 Å². The Balaban J connectivity index is 4.10. The highest BCUT2D eigenvalue weighted by Crippen LogP contribution is 1.99. The van der Waals surface area contributed by atoms with E-state index >= 15 is 0 Å². The van der Waals surface area contributed by atoms with E-state index in [1.54, 1.807) is 0 Å². The molecule has 0 heterocycles. The van der Waals surface area contributed by atoms with E-state index in [0.717, 1.165) is 6.42 Å². The standard InChI is InChI=1S/C8H12N2O2S/c1-6(11)8(10-9)7(12)4-2-3-5-13/h13H,2-5H2,1H3. The van der Waals surface area contributed by atoms with Crippen LogP contribution in [0.15, 0.2) is 0 Å². The summed E-state index contributed by atoms with van der Waals surface area (Å²) in [5, 5.41) is 0. The van der Waals surface area contributed by atoms with E-state index in [2.05, 4.69) is 17.4 Å². The Labute approximate surface area is 82.4 Å². The molecule has 0 saturated carbocycles. The predicted octanol–water partition coefficient (Wildman–Crippen LogP) is 0.915. The van der Waals surface area contributed by atoms with E-state index in [9.17, 15) is 9.59 Å². The van der Waals surface area contributed by atoms with Crippen LogP contribution in [0.25, 0.3) is 5.53 Å². The van der Waals surface area contributed by atoms with Gasteiger partial charge in [-0.25, -0.2) is 0 Å². The summed E-state index contributed by atoms with van der Waals surface area (Å²) in [6.07, 6.45) is 1.71. The summed E-state index contributed by atoms with van der Waals surface area (Å²) in [6.45, 7) is 1.20. The van der Waals surface area contributed by atoms with E-state index < -0.39 is 11.6 Å². The van der Waals surface area contributed by atoms with Crippen LogP contribution in [0, 0.1) is 0 Å². The van der Waals surface area contributed by atoms with Crippen LogP contribution in [0.2, 0.25) is 0 Å². The molecular weight excluding hydrogens is 188 g/mol. The van der Waals surface area contributed by atoms with Crippen molar-refractivity contribution < 1.29 is 14.4 Å². The highest BCUT2D eigenvalue weighted by molar-refractivity contribution is 7.80. The molecule has 0 radical (unpaired) electrons. The van der Waals surface area contributed by atoms with Crippen LogP contribution in [0.3, 0.4) is 0 Å². The SMILES string of the molecule is CC(=O)C(=[N+]=[N-])C(=O)CCCCS. The number of carbonyl (C=O) groups is 2. The summed E-state index contributed by atoms with van der Waals surface area (Å²) in [7, 11) is 0. The van der Waals surface area contributed by atoms with E-state index in [4.69, 9.17) is 5.53 Å². The van der Waals surface area contributed by atoms with E-state index in [1.807, 2.05) is 0 Å². The molecule has 0 aliphatic rings. The van der Waals surface area contributed by atoms with Crippen molar-refractivity contribution in [1.82, 2.24) is 0 Å². The third-order valence-electron chi connectivity index (χ3n) is 1.51.